The molecule has 0 aliphatic rings. The van der Waals surface area contributed by atoms with Gasteiger partial charge in [0.25, 0.3) is 23.9 Å². The number of hydrogen-bond acceptors (Lipinski definition) is 6. The van der Waals surface area contributed by atoms with Crippen LogP contribution in [-0.2, 0) is 25.6 Å². The molecule has 0 saturated carbocycles. The zero-order valence-corrected chi connectivity index (χ0v) is 14.3. The molecule has 0 amide bonds. The van der Waals surface area contributed by atoms with E-state index in [0.717, 1.165) is 39.8 Å². The summed E-state index contributed by atoms with van der Waals surface area (Å²) in [4.78, 5) is 36.0. The number of rotatable bonds is 1. The zero-order valence-electron chi connectivity index (χ0n) is 14.3. The number of hydrogen-bond donors (Lipinski definition) is 4. The third kappa shape index (κ3) is 138. The third-order valence-electron chi connectivity index (χ3n) is 0.990. The quantitative estimate of drug-likeness (QED) is 0.515. The molecule has 1 aromatic rings. The van der Waals surface area contributed by atoms with Crippen molar-refractivity contribution in [1.29, 1.82) is 0 Å². The maximum atomic E-state index is 9.00. The van der Waals surface area contributed by atoms with E-state index in [9.17, 15) is 0 Å². The molecule has 0 atom stereocenters. The number of aryl methyl sites for hydroxylation is 1. The fraction of sp³-hybridized carbons (Fsp3) is 0.429. The van der Waals surface area contributed by atoms with Gasteiger partial charge in [0.15, 0.2) is 0 Å². The Kier molecular flexibility index (Phi) is 36.8. The average molecular weight is 372 g/mol. The normalized spacial score (nSPS) is 6.92. The molecule has 0 aliphatic heterocycles. The van der Waals surface area contributed by atoms with Gasteiger partial charge in [-0.25, -0.2) is 0 Å². The molecule has 1 aromatic heterocycles. The van der Waals surface area contributed by atoms with Gasteiger partial charge in [-0.2, -0.15) is 10.2 Å². The summed E-state index contributed by atoms with van der Waals surface area (Å²) in [5, 5.41) is 37.2. The van der Waals surface area contributed by atoms with Gasteiger partial charge in [-0.1, -0.05) is 6.92 Å². The Bertz CT molecular complexity index is 405. The summed E-state index contributed by atoms with van der Waals surface area (Å²) < 4.78 is 0. The van der Waals surface area contributed by atoms with E-state index in [1.165, 1.54) is 0 Å². The van der Waals surface area contributed by atoms with Crippen molar-refractivity contribution >= 4 is 53.4 Å². The Morgan fingerprint density at radius 3 is 1.24 bits per heavy atom. The molecule has 0 radical (unpaired) electrons. The van der Waals surface area contributed by atoms with Crippen molar-refractivity contribution in [3.05, 3.63) is 24.0 Å². The van der Waals surface area contributed by atoms with Crippen LogP contribution in [0.15, 0.2) is 18.3 Å². The minimum atomic E-state index is -0.833. The van der Waals surface area contributed by atoms with Gasteiger partial charge < -0.3 is 20.4 Å². The van der Waals surface area contributed by atoms with Crippen LogP contribution in [0.4, 0.5) is 0 Å². The van der Waals surface area contributed by atoms with E-state index in [4.69, 9.17) is 39.6 Å². The van der Waals surface area contributed by atoms with E-state index in [1.54, 1.807) is 6.20 Å². The molecule has 0 spiro atoms. The molecule has 1 rings (SSSR count). The van der Waals surface area contributed by atoms with Gasteiger partial charge in [0, 0.05) is 33.9 Å². The number of aliphatic carboxylic acids is 4. The van der Waals surface area contributed by atoms with Gasteiger partial charge in [0.1, 0.15) is 0 Å². The van der Waals surface area contributed by atoms with Crippen molar-refractivity contribution in [2.24, 2.45) is 0 Å². The molecule has 11 heteroatoms. The predicted octanol–water partition coefficient (Wildman–Crippen LogP) is 0.754. The van der Waals surface area contributed by atoms with Crippen LogP contribution >= 0.6 is 0 Å². The van der Waals surface area contributed by atoms with Gasteiger partial charge >= 0.3 is 29.6 Å². The first-order valence-electron chi connectivity index (χ1n) is 6.41. The Morgan fingerprint density at radius 1 is 0.840 bits per heavy atom. The van der Waals surface area contributed by atoms with Gasteiger partial charge in [-0.15, -0.1) is 0 Å². The monoisotopic (exact) mass is 372 g/mol. The van der Waals surface area contributed by atoms with E-state index in [0.29, 0.717) is 0 Å². The van der Waals surface area contributed by atoms with Crippen molar-refractivity contribution in [2.75, 3.05) is 0 Å². The van der Waals surface area contributed by atoms with Gasteiger partial charge in [-0.05, 0) is 18.6 Å². The number of nitrogens with zero attached hydrogens (tertiary/aromatic N) is 2. The number of aromatic nitrogens is 2. The summed E-state index contributed by atoms with van der Waals surface area (Å²) in [6.07, 6.45) is 2.65. The SMILES string of the molecule is CC(=O)O.CC(=O)O.CC(=O)O.CC(=O)O.CCc1cccnn1.[NaH]. The topological polar surface area (TPSA) is 175 Å². The summed E-state index contributed by atoms with van der Waals surface area (Å²) in [7, 11) is 0. The molecule has 4 N–H and O–H groups in total. The second-order valence-electron chi connectivity index (χ2n) is 3.64. The van der Waals surface area contributed by atoms with Crippen molar-refractivity contribution in [1.82, 2.24) is 10.2 Å². The third-order valence-corrected chi connectivity index (χ3v) is 0.990. The van der Waals surface area contributed by atoms with Crippen LogP contribution in [0.25, 0.3) is 0 Å². The standard InChI is InChI=1S/C6H8N2.4C2H4O2.Na.H/c1-2-6-4-3-5-7-8-6;4*1-2(3)4;;/h3-5H,2H2,1H3;4*1H3,(H,3,4);;. The van der Waals surface area contributed by atoms with E-state index >= 15 is 0 Å². The Morgan fingerprint density at radius 2 is 1.12 bits per heavy atom. The van der Waals surface area contributed by atoms with E-state index < -0.39 is 23.9 Å². The Balaban J connectivity index is -0.0000000695. The number of carboxylic acid groups (broad SMARTS) is 4. The molecule has 0 unspecified atom stereocenters. The predicted molar refractivity (Wildman–Crippen MR) is 91.8 cm³/mol. The van der Waals surface area contributed by atoms with Gasteiger partial charge in [0.05, 0.1) is 5.69 Å². The molecule has 10 nitrogen and oxygen atoms in total. The summed E-state index contributed by atoms with van der Waals surface area (Å²) >= 11 is 0. The molecular formula is C14H25N2NaO8. The zero-order chi connectivity index (χ0) is 20.1. The fourth-order valence-electron chi connectivity index (χ4n) is 0.522. The van der Waals surface area contributed by atoms with Gasteiger partial charge in [0.2, 0.25) is 0 Å². The van der Waals surface area contributed by atoms with Crippen LogP contribution in [-0.4, -0.2) is 84.1 Å². The van der Waals surface area contributed by atoms with E-state index in [-0.39, 0.29) is 29.6 Å². The summed E-state index contributed by atoms with van der Waals surface area (Å²) in [5.41, 5.74) is 1.05. The minimum absolute atomic E-state index is 0. The van der Waals surface area contributed by atoms with E-state index in [2.05, 4.69) is 17.1 Å². The van der Waals surface area contributed by atoms with Crippen LogP contribution in [0.3, 0.4) is 0 Å². The van der Waals surface area contributed by atoms with Crippen LogP contribution in [0.1, 0.15) is 40.3 Å². The molecule has 0 bridgehead atoms. The molecule has 25 heavy (non-hydrogen) atoms. The molecule has 1 heterocycles. The van der Waals surface area contributed by atoms with Gasteiger partial charge in [-0.3, -0.25) is 19.2 Å². The maximum absolute atomic E-state index is 9.00. The molecular weight excluding hydrogens is 347 g/mol. The summed E-state index contributed by atoms with van der Waals surface area (Å²) in [5.74, 6) is -3.33. The van der Waals surface area contributed by atoms with Crippen molar-refractivity contribution in [3.8, 4) is 0 Å². The molecule has 0 saturated heterocycles. The first-order chi connectivity index (χ1) is 10.9. The second kappa shape index (κ2) is 26.8. The summed E-state index contributed by atoms with van der Waals surface area (Å²) in [6.45, 7) is 6.39. The van der Waals surface area contributed by atoms with Crippen molar-refractivity contribution < 1.29 is 39.6 Å². The Hall–Kier alpha value is -2.04. The molecule has 0 fully saturated rings. The first-order valence-corrected chi connectivity index (χ1v) is 6.41. The number of carbonyl (C=O) groups is 4. The average Bonchev–Trinajstić information content (AvgIpc) is 2.37. The fourth-order valence-corrected chi connectivity index (χ4v) is 0.522. The van der Waals surface area contributed by atoms with E-state index in [1.807, 2.05) is 12.1 Å². The summed E-state index contributed by atoms with van der Waals surface area (Å²) in [6, 6.07) is 3.86. The molecule has 0 aliphatic carbocycles. The van der Waals surface area contributed by atoms with Crippen LogP contribution in [0.5, 0.6) is 0 Å². The van der Waals surface area contributed by atoms with Crippen LogP contribution in [0, 0.1) is 0 Å². The number of carboxylic acids is 4. The Labute approximate surface area is 168 Å². The van der Waals surface area contributed by atoms with Crippen LogP contribution in [0.2, 0.25) is 0 Å². The second-order valence-corrected chi connectivity index (χ2v) is 3.64. The molecule has 140 valence electrons. The van der Waals surface area contributed by atoms with Crippen molar-refractivity contribution in [3.63, 3.8) is 0 Å². The van der Waals surface area contributed by atoms with Crippen LogP contribution < -0.4 is 0 Å². The molecule has 0 aromatic carbocycles. The first kappa shape index (κ1) is 34.3. The van der Waals surface area contributed by atoms with Crippen molar-refractivity contribution in [2.45, 2.75) is 41.0 Å².